The summed E-state index contributed by atoms with van der Waals surface area (Å²) in [5.74, 6) is 1.12. The lowest BCUT2D eigenvalue weighted by atomic mass is 9.99. The molecule has 2 rings (SSSR count). The maximum atomic E-state index is 11.2. The van der Waals surface area contributed by atoms with E-state index >= 15 is 0 Å². The fraction of sp³-hybridized carbons (Fsp3) is 0.385. The first-order chi connectivity index (χ1) is 8.28. The van der Waals surface area contributed by atoms with Crippen molar-refractivity contribution < 1.29 is 14.3 Å². The molecule has 4 heteroatoms. The van der Waals surface area contributed by atoms with Crippen molar-refractivity contribution in [3.63, 3.8) is 0 Å². The largest absolute Gasteiger partial charge is 0.493 e. The Balaban J connectivity index is 1.84. The Kier molecular flexibility index (Phi) is 3.75. The van der Waals surface area contributed by atoms with Crippen LogP contribution in [0.25, 0.3) is 0 Å². The van der Waals surface area contributed by atoms with Crippen molar-refractivity contribution in [2.75, 3.05) is 13.2 Å². The molecule has 0 aromatic heterocycles. The molecule has 1 unspecified atom stereocenters. The standard InChI is InChI=1S/C13H15NO3/c15-8-10-1-3-12(4-2-10)17-9-11-5-6-14-13(16)7-11/h1-4,8,11H,5-7,9H2,(H,14,16). The van der Waals surface area contributed by atoms with Gasteiger partial charge >= 0.3 is 0 Å². The molecule has 4 nitrogen and oxygen atoms in total. The highest BCUT2D eigenvalue weighted by Gasteiger charge is 2.19. The summed E-state index contributed by atoms with van der Waals surface area (Å²) in [4.78, 5) is 21.6. The minimum Gasteiger partial charge on any atom is -0.493 e. The van der Waals surface area contributed by atoms with Crippen molar-refractivity contribution in [2.24, 2.45) is 5.92 Å². The first kappa shape index (κ1) is 11.6. The fourth-order valence-electron chi connectivity index (χ4n) is 1.85. The summed E-state index contributed by atoms with van der Waals surface area (Å²) < 4.78 is 5.60. The van der Waals surface area contributed by atoms with E-state index in [1.54, 1.807) is 24.3 Å². The summed E-state index contributed by atoms with van der Waals surface area (Å²) in [6, 6.07) is 6.98. The Bertz CT molecular complexity index is 400. The first-order valence-corrected chi connectivity index (χ1v) is 5.72. The summed E-state index contributed by atoms with van der Waals surface area (Å²) in [6.45, 7) is 1.28. The zero-order chi connectivity index (χ0) is 12.1. The van der Waals surface area contributed by atoms with Gasteiger partial charge in [-0.1, -0.05) is 0 Å². The highest BCUT2D eigenvalue weighted by Crippen LogP contribution is 2.16. The maximum absolute atomic E-state index is 11.2. The molecule has 0 spiro atoms. The Morgan fingerprint density at radius 3 is 2.76 bits per heavy atom. The predicted octanol–water partition coefficient (Wildman–Crippen LogP) is 1.40. The molecule has 1 amide bonds. The van der Waals surface area contributed by atoms with Gasteiger partial charge in [0.05, 0.1) is 6.61 Å². The monoisotopic (exact) mass is 233 g/mol. The Morgan fingerprint density at radius 1 is 1.35 bits per heavy atom. The van der Waals surface area contributed by atoms with Crippen LogP contribution in [0, 0.1) is 5.92 Å². The zero-order valence-electron chi connectivity index (χ0n) is 9.52. The van der Waals surface area contributed by atoms with E-state index in [1.807, 2.05) is 0 Å². The second kappa shape index (κ2) is 5.48. The molecule has 0 saturated carbocycles. The number of carbonyl (C=O) groups excluding carboxylic acids is 2. The zero-order valence-corrected chi connectivity index (χ0v) is 9.52. The topological polar surface area (TPSA) is 55.4 Å². The summed E-state index contributed by atoms with van der Waals surface area (Å²) in [7, 11) is 0. The number of benzene rings is 1. The van der Waals surface area contributed by atoms with E-state index in [4.69, 9.17) is 4.74 Å². The van der Waals surface area contributed by atoms with Gasteiger partial charge in [-0.05, 0) is 30.7 Å². The smallest absolute Gasteiger partial charge is 0.220 e. The highest BCUT2D eigenvalue weighted by atomic mass is 16.5. The molecule has 1 aromatic rings. The van der Waals surface area contributed by atoms with Crippen LogP contribution in [0.1, 0.15) is 23.2 Å². The molecule has 0 radical (unpaired) electrons. The first-order valence-electron chi connectivity index (χ1n) is 5.72. The SMILES string of the molecule is O=Cc1ccc(OCC2CCNC(=O)C2)cc1. The normalized spacial score (nSPS) is 19.5. The molecule has 1 saturated heterocycles. The van der Waals surface area contributed by atoms with E-state index in [1.165, 1.54) is 0 Å². The van der Waals surface area contributed by atoms with E-state index in [-0.39, 0.29) is 11.8 Å². The van der Waals surface area contributed by atoms with Gasteiger partial charge in [0.1, 0.15) is 12.0 Å². The van der Waals surface area contributed by atoms with Crippen molar-refractivity contribution in [3.05, 3.63) is 29.8 Å². The van der Waals surface area contributed by atoms with Crippen LogP contribution in [0.15, 0.2) is 24.3 Å². The predicted molar refractivity (Wildman–Crippen MR) is 63.1 cm³/mol. The third kappa shape index (κ3) is 3.31. The Hall–Kier alpha value is -1.84. The van der Waals surface area contributed by atoms with Crippen LogP contribution < -0.4 is 10.1 Å². The number of hydrogen-bond acceptors (Lipinski definition) is 3. The van der Waals surface area contributed by atoms with Crippen molar-refractivity contribution in [3.8, 4) is 5.75 Å². The maximum Gasteiger partial charge on any atom is 0.220 e. The lowest BCUT2D eigenvalue weighted by molar-refractivity contribution is -0.123. The third-order valence-corrected chi connectivity index (χ3v) is 2.85. The van der Waals surface area contributed by atoms with Crippen molar-refractivity contribution in [2.45, 2.75) is 12.8 Å². The van der Waals surface area contributed by atoms with Crippen molar-refractivity contribution >= 4 is 12.2 Å². The van der Waals surface area contributed by atoms with Crippen LogP contribution in [0.3, 0.4) is 0 Å². The van der Waals surface area contributed by atoms with E-state index in [0.717, 1.165) is 25.0 Å². The van der Waals surface area contributed by atoms with Crippen LogP contribution in [-0.4, -0.2) is 25.3 Å². The van der Waals surface area contributed by atoms with Gasteiger partial charge in [0.2, 0.25) is 5.91 Å². The van der Waals surface area contributed by atoms with Gasteiger partial charge in [-0.25, -0.2) is 0 Å². The molecule has 1 aliphatic heterocycles. The molecule has 0 aliphatic carbocycles. The van der Waals surface area contributed by atoms with Crippen molar-refractivity contribution in [1.29, 1.82) is 0 Å². The van der Waals surface area contributed by atoms with Gasteiger partial charge < -0.3 is 10.1 Å². The lowest BCUT2D eigenvalue weighted by Gasteiger charge is -2.22. The number of ether oxygens (including phenoxy) is 1. The molecule has 1 atom stereocenters. The number of nitrogens with one attached hydrogen (secondary N) is 1. The summed E-state index contributed by atoms with van der Waals surface area (Å²) >= 11 is 0. The summed E-state index contributed by atoms with van der Waals surface area (Å²) in [5, 5.41) is 2.79. The van der Waals surface area contributed by atoms with Gasteiger partial charge in [0.15, 0.2) is 0 Å². The Labute approximate surface area is 100.0 Å². The number of rotatable bonds is 4. The molecule has 1 heterocycles. The molecule has 1 aromatic carbocycles. The van der Waals surface area contributed by atoms with Crippen molar-refractivity contribution in [1.82, 2.24) is 5.32 Å². The molecular weight excluding hydrogens is 218 g/mol. The second-order valence-electron chi connectivity index (χ2n) is 4.21. The van der Waals surface area contributed by atoms with E-state index in [2.05, 4.69) is 5.32 Å². The molecule has 1 fully saturated rings. The number of carbonyl (C=O) groups is 2. The minimum atomic E-state index is 0.0983. The van der Waals surface area contributed by atoms with Gasteiger partial charge in [0.25, 0.3) is 0 Å². The molecule has 90 valence electrons. The summed E-state index contributed by atoms with van der Waals surface area (Å²) in [5.41, 5.74) is 0.634. The van der Waals surface area contributed by atoms with E-state index in [9.17, 15) is 9.59 Å². The van der Waals surface area contributed by atoms with E-state index in [0.29, 0.717) is 18.6 Å². The average molecular weight is 233 g/mol. The number of piperidine rings is 1. The molecule has 1 N–H and O–H groups in total. The van der Waals surface area contributed by atoms with Crippen LogP contribution in [0.2, 0.25) is 0 Å². The van der Waals surface area contributed by atoms with Gasteiger partial charge in [-0.2, -0.15) is 0 Å². The number of aldehydes is 1. The minimum absolute atomic E-state index is 0.0983. The second-order valence-corrected chi connectivity index (χ2v) is 4.21. The van der Waals surface area contributed by atoms with Gasteiger partial charge in [-0.15, -0.1) is 0 Å². The van der Waals surface area contributed by atoms with Crippen LogP contribution in [0.5, 0.6) is 5.75 Å². The molecule has 1 aliphatic rings. The van der Waals surface area contributed by atoms with E-state index < -0.39 is 0 Å². The van der Waals surface area contributed by atoms with Crippen LogP contribution in [-0.2, 0) is 4.79 Å². The van der Waals surface area contributed by atoms with Crippen LogP contribution in [0.4, 0.5) is 0 Å². The summed E-state index contributed by atoms with van der Waals surface area (Å²) in [6.07, 6.45) is 2.29. The lowest BCUT2D eigenvalue weighted by Crippen LogP contribution is -2.35. The fourth-order valence-corrected chi connectivity index (χ4v) is 1.85. The quantitative estimate of drug-likeness (QED) is 0.800. The van der Waals surface area contributed by atoms with Gasteiger partial charge in [-0.3, -0.25) is 9.59 Å². The number of amides is 1. The average Bonchev–Trinajstić information content (AvgIpc) is 2.37. The van der Waals surface area contributed by atoms with Crippen LogP contribution >= 0.6 is 0 Å². The molecule has 0 bridgehead atoms. The third-order valence-electron chi connectivity index (χ3n) is 2.85. The molecular formula is C13H15NO3. The number of hydrogen-bond donors (Lipinski definition) is 1. The Morgan fingerprint density at radius 2 is 2.12 bits per heavy atom. The van der Waals surface area contributed by atoms with Gasteiger partial charge in [0, 0.05) is 24.4 Å². The highest BCUT2D eigenvalue weighted by molar-refractivity contribution is 5.76. The molecule has 17 heavy (non-hydrogen) atoms.